The van der Waals surface area contributed by atoms with Crippen LogP contribution in [0, 0.1) is 6.92 Å². The number of anilines is 2. The molecule has 1 saturated heterocycles. The van der Waals surface area contributed by atoms with Gasteiger partial charge in [-0.1, -0.05) is 66.7 Å². The number of nitrogens with one attached hydrogen (secondary N) is 4. The van der Waals surface area contributed by atoms with E-state index in [-0.39, 0.29) is 29.9 Å². The van der Waals surface area contributed by atoms with Gasteiger partial charge in [-0.3, -0.25) is 14.9 Å². The molecular formula is C44H45F6N5O10. The molecule has 0 radical (unpaired) electrons. The predicted octanol–water partition coefficient (Wildman–Crippen LogP) is 7.34. The van der Waals surface area contributed by atoms with E-state index in [1.54, 1.807) is 12.1 Å². The maximum Gasteiger partial charge on any atom is 0.490 e. The van der Waals surface area contributed by atoms with Gasteiger partial charge in [-0.2, -0.15) is 26.3 Å². The van der Waals surface area contributed by atoms with Gasteiger partial charge in [-0.25, -0.2) is 14.4 Å². The Balaban J connectivity index is 0.000000572. The molecule has 1 aliphatic heterocycles. The number of aromatic amines is 1. The summed E-state index contributed by atoms with van der Waals surface area (Å²) in [6, 6.07) is 29.4. The molecule has 0 saturated carbocycles. The number of para-hydroxylation sites is 1. The van der Waals surface area contributed by atoms with Crippen LogP contribution in [0.1, 0.15) is 42.1 Å². The number of aliphatic carboxylic acids is 2. The Morgan fingerprint density at radius 2 is 1.43 bits per heavy atom. The number of H-pyrrole nitrogens is 1. The number of benzene rings is 4. The Morgan fingerprint density at radius 3 is 2.05 bits per heavy atom. The van der Waals surface area contributed by atoms with Crippen molar-refractivity contribution in [1.82, 2.24) is 15.2 Å². The number of hydrogen-bond acceptors (Lipinski definition) is 10. The molecule has 65 heavy (non-hydrogen) atoms. The number of carboxylic acids is 2. The summed E-state index contributed by atoms with van der Waals surface area (Å²) in [6.07, 6.45) is -9.92. The van der Waals surface area contributed by atoms with Crippen LogP contribution in [0.5, 0.6) is 5.75 Å². The van der Waals surface area contributed by atoms with E-state index in [0.717, 1.165) is 41.0 Å². The third-order valence-electron chi connectivity index (χ3n) is 9.69. The molecule has 1 fully saturated rings. The molecule has 0 bridgehead atoms. The highest BCUT2D eigenvalue weighted by Gasteiger charge is 2.39. The second kappa shape index (κ2) is 23.1. The number of aryl methyl sites for hydroxylation is 1. The third-order valence-corrected chi connectivity index (χ3v) is 9.69. The second-order valence-corrected chi connectivity index (χ2v) is 14.5. The number of aliphatic hydroxyl groups is 1. The van der Waals surface area contributed by atoms with Crippen molar-refractivity contribution >= 4 is 46.2 Å². The molecule has 1 atom stereocenters. The van der Waals surface area contributed by atoms with Gasteiger partial charge in [0.25, 0.3) is 0 Å². The summed E-state index contributed by atoms with van der Waals surface area (Å²) in [5.74, 6) is -5.63. The number of aromatic hydroxyl groups is 1. The van der Waals surface area contributed by atoms with Gasteiger partial charge < -0.3 is 45.7 Å². The van der Waals surface area contributed by atoms with Crippen LogP contribution in [-0.4, -0.2) is 98.9 Å². The van der Waals surface area contributed by atoms with Crippen LogP contribution in [-0.2, 0) is 25.7 Å². The number of fused-ring (bicyclic) bond motifs is 1. The Labute approximate surface area is 366 Å². The number of aromatic nitrogens is 1. The lowest BCUT2D eigenvalue weighted by molar-refractivity contribution is -0.193. The smallest absolute Gasteiger partial charge is 0.490 e. The van der Waals surface area contributed by atoms with Crippen molar-refractivity contribution in [2.24, 2.45) is 0 Å². The summed E-state index contributed by atoms with van der Waals surface area (Å²) < 4.78 is 69.2. The quantitative estimate of drug-likeness (QED) is 0.0575. The van der Waals surface area contributed by atoms with Crippen LogP contribution in [0.4, 0.5) is 42.5 Å². The van der Waals surface area contributed by atoms with Gasteiger partial charge >= 0.3 is 30.4 Å². The van der Waals surface area contributed by atoms with Crippen molar-refractivity contribution in [2.45, 2.75) is 57.3 Å². The van der Waals surface area contributed by atoms with Crippen LogP contribution >= 0.6 is 0 Å². The fraction of sp³-hybridized carbons (Fsp3) is 0.295. The normalized spacial score (nSPS) is 13.6. The number of carboxylic acid groups (broad SMARTS) is 2. The lowest BCUT2D eigenvalue weighted by Crippen LogP contribution is -2.39. The van der Waals surface area contributed by atoms with E-state index in [9.17, 15) is 50.9 Å². The molecule has 15 nitrogen and oxygen atoms in total. The number of ether oxygens (including phenoxy) is 1. The fourth-order valence-corrected chi connectivity index (χ4v) is 6.46. The first-order chi connectivity index (χ1) is 30.6. The average Bonchev–Trinajstić information content (AvgIpc) is 3.25. The van der Waals surface area contributed by atoms with E-state index in [1.807, 2.05) is 79.7 Å². The van der Waals surface area contributed by atoms with E-state index in [0.29, 0.717) is 54.5 Å². The van der Waals surface area contributed by atoms with Gasteiger partial charge in [-0.05, 0) is 66.3 Å². The molecule has 0 aliphatic carbocycles. The molecular weight excluding hydrogens is 872 g/mol. The number of carbonyl (C=O) groups is 4. The molecule has 2 amide bonds. The number of phenolic OH excluding ortho intramolecular Hbond substituents is 1. The number of halogens is 6. The van der Waals surface area contributed by atoms with E-state index in [2.05, 4.69) is 25.8 Å². The van der Waals surface area contributed by atoms with Crippen LogP contribution in [0.15, 0.2) is 102 Å². The number of hydrogen-bond donors (Lipinski definition) is 8. The predicted molar refractivity (Wildman–Crippen MR) is 226 cm³/mol. The monoisotopic (exact) mass is 917 g/mol. The molecule has 0 unspecified atom stereocenters. The van der Waals surface area contributed by atoms with E-state index >= 15 is 0 Å². The van der Waals surface area contributed by atoms with Gasteiger partial charge in [0.1, 0.15) is 11.9 Å². The zero-order valence-electron chi connectivity index (χ0n) is 34.5. The Bertz CT molecular complexity index is 2450. The molecule has 1 aromatic heterocycles. The van der Waals surface area contributed by atoms with Crippen molar-refractivity contribution in [1.29, 1.82) is 0 Å². The SMILES string of the molecule is Cc1cc(CNC[C@H](O)c2ccc(O)c3[nH]c(=O)ccc23)ccc1NC(=O)CCN1CCC(OC(=O)Nc2ccccc2-c2ccccc2)CC1.O=C(O)C(F)(F)F.O=C(O)C(F)(F)F. The van der Waals surface area contributed by atoms with Gasteiger partial charge in [0.15, 0.2) is 0 Å². The van der Waals surface area contributed by atoms with E-state index in [1.165, 1.54) is 12.1 Å². The number of nitrogens with zero attached hydrogens (tertiary/aromatic N) is 1. The maximum atomic E-state index is 12.8. The number of alkyl halides is 6. The number of pyridine rings is 1. The number of rotatable bonds is 12. The summed E-state index contributed by atoms with van der Waals surface area (Å²) in [6.45, 7) is 4.80. The number of amides is 2. The van der Waals surface area contributed by atoms with Crippen molar-refractivity contribution in [3.8, 4) is 16.9 Å². The van der Waals surface area contributed by atoms with Gasteiger partial charge in [0.2, 0.25) is 11.5 Å². The zero-order valence-corrected chi connectivity index (χ0v) is 34.5. The number of piperidine rings is 1. The van der Waals surface area contributed by atoms with E-state index < -0.39 is 36.5 Å². The van der Waals surface area contributed by atoms with Gasteiger partial charge in [-0.15, -0.1) is 0 Å². The zero-order chi connectivity index (χ0) is 47.9. The Morgan fingerprint density at radius 1 is 0.815 bits per heavy atom. The number of likely N-dealkylation sites (tertiary alicyclic amines) is 1. The molecule has 8 N–H and O–H groups in total. The number of carbonyl (C=O) groups excluding carboxylic acids is 2. The molecule has 21 heteroatoms. The summed E-state index contributed by atoms with van der Waals surface area (Å²) in [5.41, 5.74) is 5.90. The first kappa shape index (κ1) is 50.7. The van der Waals surface area contributed by atoms with E-state index in [4.69, 9.17) is 24.5 Å². The molecule has 2 heterocycles. The Kier molecular flexibility index (Phi) is 18.0. The fourth-order valence-electron chi connectivity index (χ4n) is 6.46. The first-order valence-electron chi connectivity index (χ1n) is 19.7. The molecule has 4 aromatic carbocycles. The highest BCUT2D eigenvalue weighted by Crippen LogP contribution is 2.30. The summed E-state index contributed by atoms with van der Waals surface area (Å²) in [5, 5.41) is 45.0. The largest absolute Gasteiger partial charge is 0.506 e. The van der Waals surface area contributed by atoms with Crippen molar-refractivity contribution in [3.63, 3.8) is 0 Å². The minimum absolute atomic E-state index is 0.0512. The van der Waals surface area contributed by atoms with Crippen molar-refractivity contribution in [3.05, 3.63) is 124 Å². The highest BCUT2D eigenvalue weighted by molar-refractivity contribution is 5.92. The topological polar surface area (TPSA) is 231 Å². The maximum absolute atomic E-state index is 12.8. The summed E-state index contributed by atoms with van der Waals surface area (Å²) in [7, 11) is 0. The third kappa shape index (κ3) is 16.0. The lowest BCUT2D eigenvalue weighted by Gasteiger charge is -2.31. The molecule has 0 spiro atoms. The van der Waals surface area contributed by atoms with Crippen molar-refractivity contribution < 1.29 is 70.7 Å². The lowest BCUT2D eigenvalue weighted by atomic mass is 10.0. The highest BCUT2D eigenvalue weighted by atomic mass is 19.4. The summed E-state index contributed by atoms with van der Waals surface area (Å²) >= 11 is 0. The number of phenols is 1. The van der Waals surface area contributed by atoms with Crippen LogP contribution < -0.4 is 21.5 Å². The van der Waals surface area contributed by atoms with Crippen LogP contribution in [0.25, 0.3) is 22.0 Å². The molecule has 6 rings (SSSR count). The van der Waals surface area contributed by atoms with Gasteiger partial charge in [0.05, 0.1) is 17.3 Å². The van der Waals surface area contributed by atoms with Crippen LogP contribution in [0.3, 0.4) is 0 Å². The van der Waals surface area contributed by atoms with Gasteiger partial charge in [0, 0.05) is 61.8 Å². The average molecular weight is 918 g/mol. The van der Waals surface area contributed by atoms with Crippen LogP contribution in [0.2, 0.25) is 0 Å². The summed E-state index contributed by atoms with van der Waals surface area (Å²) in [4.78, 5) is 59.9. The number of aliphatic hydroxyl groups excluding tert-OH is 1. The molecule has 348 valence electrons. The second-order valence-electron chi connectivity index (χ2n) is 14.5. The first-order valence-corrected chi connectivity index (χ1v) is 19.7. The standard InChI is InChI=1S/C40H43N5O6.2C2HF3O2/c1-26-23-27(24-41-25-36(47)31-12-15-35(46)39-32(31)13-16-37(48)44-39)11-14-33(26)42-38(49)19-22-45-20-17-29(18-21-45)51-40(50)43-34-10-6-5-9-30(34)28-7-3-2-4-8-28;2*3-2(4,5)1(6)7/h2-16,23,29,36,41,46-47H,17-22,24-25H2,1H3,(H,42,49)(H,43,50)(H,44,48);2*(H,6,7)/t36-;;/m0../s1. The minimum atomic E-state index is -5.08. The Hall–Kier alpha value is -6.97. The van der Waals surface area contributed by atoms with Crippen molar-refractivity contribution in [2.75, 3.05) is 36.8 Å². The molecule has 5 aromatic rings. The molecule has 1 aliphatic rings. The minimum Gasteiger partial charge on any atom is -0.506 e.